The van der Waals surface area contributed by atoms with Gasteiger partial charge < -0.3 is 14.2 Å². The maximum atomic E-state index is 13.3. The molecule has 136 valence electrons. The second-order valence-corrected chi connectivity index (χ2v) is 6.19. The van der Waals surface area contributed by atoms with Crippen LogP contribution < -0.4 is 9.47 Å². The van der Waals surface area contributed by atoms with Crippen LogP contribution in [0.4, 0.5) is 0 Å². The van der Waals surface area contributed by atoms with E-state index >= 15 is 0 Å². The van der Waals surface area contributed by atoms with E-state index in [0.717, 1.165) is 36.8 Å². The highest BCUT2D eigenvalue weighted by atomic mass is 16.5. The summed E-state index contributed by atoms with van der Waals surface area (Å²) in [5, 5.41) is 0. The third-order valence-electron chi connectivity index (χ3n) is 4.81. The molecule has 0 bridgehead atoms. The maximum Gasteiger partial charge on any atom is 0.338 e. The molecule has 2 aromatic carbocycles. The Morgan fingerprint density at radius 2 is 1.50 bits per heavy atom. The van der Waals surface area contributed by atoms with E-state index in [1.165, 1.54) is 7.11 Å². The summed E-state index contributed by atoms with van der Waals surface area (Å²) in [7, 11) is 4.47. The highest BCUT2D eigenvalue weighted by molar-refractivity contribution is 6.16. The fourth-order valence-electron chi connectivity index (χ4n) is 3.57. The van der Waals surface area contributed by atoms with Gasteiger partial charge in [0.2, 0.25) is 0 Å². The van der Waals surface area contributed by atoms with Gasteiger partial charge in [-0.2, -0.15) is 0 Å². The molecule has 0 fully saturated rings. The summed E-state index contributed by atoms with van der Waals surface area (Å²) in [5.41, 5.74) is 3.06. The number of ether oxygens (including phenoxy) is 3. The monoisotopic (exact) mass is 354 g/mol. The van der Waals surface area contributed by atoms with Gasteiger partial charge in [0, 0.05) is 16.7 Å². The average Bonchev–Trinajstić information content (AvgIpc) is 2.71. The molecule has 0 aromatic heterocycles. The van der Waals surface area contributed by atoms with E-state index < -0.39 is 5.97 Å². The molecular formula is C21H22O5. The number of carbonyl (C=O) groups is 2. The molecule has 0 heterocycles. The molecule has 26 heavy (non-hydrogen) atoms. The van der Waals surface area contributed by atoms with Crippen LogP contribution in [0, 0.1) is 0 Å². The van der Waals surface area contributed by atoms with Gasteiger partial charge >= 0.3 is 5.97 Å². The fourth-order valence-corrected chi connectivity index (χ4v) is 3.57. The zero-order valence-electron chi connectivity index (χ0n) is 15.3. The Labute approximate surface area is 152 Å². The molecule has 0 unspecified atom stereocenters. The van der Waals surface area contributed by atoms with Gasteiger partial charge in [-0.15, -0.1) is 0 Å². The van der Waals surface area contributed by atoms with Crippen LogP contribution in [0.15, 0.2) is 30.3 Å². The highest BCUT2D eigenvalue weighted by Gasteiger charge is 2.27. The Kier molecular flexibility index (Phi) is 5.26. The summed E-state index contributed by atoms with van der Waals surface area (Å²) >= 11 is 0. The van der Waals surface area contributed by atoms with Crippen molar-refractivity contribution in [3.63, 3.8) is 0 Å². The summed E-state index contributed by atoms with van der Waals surface area (Å²) in [4.78, 5) is 25.3. The smallest absolute Gasteiger partial charge is 0.338 e. The number of benzene rings is 2. The largest absolute Gasteiger partial charge is 0.496 e. The van der Waals surface area contributed by atoms with E-state index in [1.54, 1.807) is 44.6 Å². The zero-order valence-corrected chi connectivity index (χ0v) is 15.3. The van der Waals surface area contributed by atoms with Gasteiger partial charge in [-0.3, -0.25) is 4.79 Å². The Morgan fingerprint density at radius 1 is 0.846 bits per heavy atom. The first-order valence-corrected chi connectivity index (χ1v) is 8.61. The van der Waals surface area contributed by atoms with Crippen molar-refractivity contribution < 1.29 is 23.8 Å². The molecule has 0 atom stereocenters. The molecular weight excluding hydrogens is 332 g/mol. The van der Waals surface area contributed by atoms with E-state index in [4.69, 9.17) is 14.2 Å². The van der Waals surface area contributed by atoms with Crippen LogP contribution in [0.3, 0.4) is 0 Å². The Bertz CT molecular complexity index is 854. The fraction of sp³-hybridized carbons (Fsp3) is 0.333. The van der Waals surface area contributed by atoms with Gasteiger partial charge in [-0.1, -0.05) is 18.2 Å². The van der Waals surface area contributed by atoms with Crippen LogP contribution in [0.2, 0.25) is 0 Å². The van der Waals surface area contributed by atoms with E-state index in [9.17, 15) is 9.59 Å². The van der Waals surface area contributed by atoms with E-state index in [2.05, 4.69) is 0 Å². The minimum atomic E-state index is -0.544. The molecule has 0 saturated carbocycles. The standard InChI is InChI=1S/C21H22O5/c1-24-18-12-17(20(25-2)15-10-6-4-8-13(15)18)19(22)14-9-5-7-11-16(14)21(23)26-3/h5,7,9,11-12H,4,6,8,10H2,1-3H3. The van der Waals surface area contributed by atoms with Crippen molar-refractivity contribution in [2.45, 2.75) is 25.7 Å². The molecule has 0 radical (unpaired) electrons. The van der Waals surface area contributed by atoms with Crippen LogP contribution in [0.25, 0.3) is 0 Å². The first-order chi connectivity index (χ1) is 12.6. The van der Waals surface area contributed by atoms with Gasteiger partial charge in [0.15, 0.2) is 5.78 Å². The van der Waals surface area contributed by atoms with Gasteiger partial charge in [-0.05, 0) is 37.8 Å². The Balaban J connectivity index is 2.18. The normalized spacial score (nSPS) is 12.9. The number of hydrogen-bond donors (Lipinski definition) is 0. The minimum absolute atomic E-state index is 0.235. The number of carbonyl (C=O) groups excluding carboxylic acids is 2. The Hall–Kier alpha value is -2.82. The topological polar surface area (TPSA) is 61.8 Å². The lowest BCUT2D eigenvalue weighted by Gasteiger charge is -2.23. The quantitative estimate of drug-likeness (QED) is 0.606. The van der Waals surface area contributed by atoms with Crippen LogP contribution >= 0.6 is 0 Å². The minimum Gasteiger partial charge on any atom is -0.496 e. The van der Waals surface area contributed by atoms with Crippen molar-refractivity contribution >= 4 is 11.8 Å². The lowest BCUT2D eigenvalue weighted by Crippen LogP contribution is -2.15. The Morgan fingerprint density at radius 3 is 2.12 bits per heavy atom. The molecule has 5 heteroatoms. The van der Waals surface area contributed by atoms with Gasteiger partial charge in [0.1, 0.15) is 11.5 Å². The number of hydrogen-bond acceptors (Lipinski definition) is 5. The number of fused-ring (bicyclic) bond motifs is 1. The lowest BCUT2D eigenvalue weighted by atomic mass is 9.86. The van der Waals surface area contributed by atoms with E-state index in [-0.39, 0.29) is 16.9 Å². The van der Waals surface area contributed by atoms with Crippen LogP contribution in [0.1, 0.15) is 50.2 Å². The maximum absolute atomic E-state index is 13.3. The van der Waals surface area contributed by atoms with Crippen LogP contribution in [-0.4, -0.2) is 33.1 Å². The number of esters is 1. The molecule has 1 aliphatic carbocycles. The van der Waals surface area contributed by atoms with Crippen molar-refractivity contribution in [3.05, 3.63) is 58.1 Å². The summed E-state index contributed by atoms with van der Waals surface area (Å²) < 4.78 is 16.0. The van der Waals surface area contributed by atoms with E-state index in [1.807, 2.05) is 0 Å². The summed E-state index contributed by atoms with van der Waals surface area (Å²) in [5.74, 6) is 0.442. The second kappa shape index (κ2) is 7.60. The van der Waals surface area contributed by atoms with Crippen molar-refractivity contribution in [2.75, 3.05) is 21.3 Å². The molecule has 0 aliphatic heterocycles. The zero-order chi connectivity index (χ0) is 18.7. The molecule has 5 nitrogen and oxygen atoms in total. The first-order valence-electron chi connectivity index (χ1n) is 8.61. The number of methoxy groups -OCH3 is 3. The third kappa shape index (κ3) is 3.05. The van der Waals surface area contributed by atoms with Crippen molar-refractivity contribution in [1.82, 2.24) is 0 Å². The van der Waals surface area contributed by atoms with Crippen molar-refractivity contribution in [2.24, 2.45) is 0 Å². The van der Waals surface area contributed by atoms with E-state index in [0.29, 0.717) is 17.1 Å². The third-order valence-corrected chi connectivity index (χ3v) is 4.81. The molecule has 0 saturated heterocycles. The molecule has 0 spiro atoms. The molecule has 0 amide bonds. The molecule has 0 N–H and O–H groups in total. The van der Waals surface area contributed by atoms with Gasteiger partial charge in [0.05, 0.1) is 32.5 Å². The molecule has 2 aromatic rings. The van der Waals surface area contributed by atoms with Gasteiger partial charge in [-0.25, -0.2) is 4.79 Å². The van der Waals surface area contributed by atoms with Crippen molar-refractivity contribution in [3.8, 4) is 11.5 Å². The summed E-state index contributed by atoms with van der Waals surface area (Å²) in [6.45, 7) is 0. The van der Waals surface area contributed by atoms with Crippen LogP contribution in [-0.2, 0) is 17.6 Å². The predicted octanol–water partition coefficient (Wildman–Crippen LogP) is 3.60. The number of ketones is 1. The first kappa shape index (κ1) is 18.0. The highest BCUT2D eigenvalue weighted by Crippen LogP contribution is 2.40. The molecule has 3 rings (SSSR count). The second-order valence-electron chi connectivity index (χ2n) is 6.19. The predicted molar refractivity (Wildman–Crippen MR) is 97.4 cm³/mol. The summed E-state index contributed by atoms with van der Waals surface area (Å²) in [6.07, 6.45) is 3.88. The van der Waals surface area contributed by atoms with Crippen LogP contribution in [0.5, 0.6) is 11.5 Å². The summed E-state index contributed by atoms with van der Waals surface area (Å²) in [6, 6.07) is 8.36. The number of rotatable bonds is 5. The SMILES string of the molecule is COC(=O)c1ccccc1C(=O)c1cc(OC)c2c(c1OC)CCCC2. The van der Waals surface area contributed by atoms with Gasteiger partial charge in [0.25, 0.3) is 0 Å². The molecule has 1 aliphatic rings. The average molecular weight is 354 g/mol. The van der Waals surface area contributed by atoms with Crippen molar-refractivity contribution in [1.29, 1.82) is 0 Å². The lowest BCUT2D eigenvalue weighted by molar-refractivity contribution is 0.0597.